The maximum atomic E-state index is 11.0. The van der Waals surface area contributed by atoms with Crippen molar-refractivity contribution in [2.75, 3.05) is 6.61 Å². The van der Waals surface area contributed by atoms with E-state index >= 15 is 0 Å². The molecule has 96 valence electrons. The monoisotopic (exact) mass is 266 g/mol. The second kappa shape index (κ2) is 5.68. The molecule has 0 aliphatic heterocycles. The molecule has 0 aromatic carbocycles. The number of carboxylic acid groups (broad SMARTS) is 1. The van der Waals surface area contributed by atoms with Gasteiger partial charge in [0.25, 0.3) is 0 Å². The summed E-state index contributed by atoms with van der Waals surface area (Å²) in [7, 11) is 0. The van der Waals surface area contributed by atoms with Gasteiger partial charge in [-0.2, -0.15) is 0 Å². The third kappa shape index (κ3) is 3.10. The normalized spacial score (nSPS) is 10.5. The number of hydrogen-bond donors (Lipinski definition) is 1. The number of thiophene rings is 1. The molecule has 0 aliphatic carbocycles. The summed E-state index contributed by atoms with van der Waals surface area (Å²) in [4.78, 5) is 16.1. The third-order valence-corrected chi connectivity index (χ3v) is 3.41. The van der Waals surface area contributed by atoms with Gasteiger partial charge in [0.1, 0.15) is 5.75 Å². The minimum Gasteiger partial charge on any atom is -0.492 e. The fraction of sp³-hybridized carbons (Fsp3) is 0.333. The van der Waals surface area contributed by atoms with Crippen molar-refractivity contribution in [3.05, 3.63) is 34.5 Å². The first-order valence-electron chi connectivity index (χ1n) is 5.59. The molecule has 0 amide bonds. The van der Waals surface area contributed by atoms with E-state index in [1.807, 2.05) is 17.7 Å². The number of ether oxygens (including phenoxy) is 1. The second-order valence-electron chi connectivity index (χ2n) is 3.86. The summed E-state index contributed by atoms with van der Waals surface area (Å²) in [5, 5.41) is 9.00. The van der Waals surface area contributed by atoms with E-state index in [-0.39, 0.29) is 4.88 Å². The van der Waals surface area contributed by atoms with E-state index < -0.39 is 5.97 Å². The van der Waals surface area contributed by atoms with Crippen LogP contribution in [-0.4, -0.2) is 27.2 Å². The summed E-state index contributed by atoms with van der Waals surface area (Å²) in [5.74, 6) is -0.464. The summed E-state index contributed by atoms with van der Waals surface area (Å²) >= 11 is 1.24. The molecule has 0 radical (unpaired) electrons. The molecule has 6 heteroatoms. The highest BCUT2D eigenvalue weighted by Crippen LogP contribution is 2.28. The lowest BCUT2D eigenvalue weighted by atomic mass is 10.4. The number of aromatic carboxylic acids is 1. The van der Waals surface area contributed by atoms with Crippen molar-refractivity contribution in [2.45, 2.75) is 19.9 Å². The van der Waals surface area contributed by atoms with Gasteiger partial charge in [-0.25, -0.2) is 9.78 Å². The van der Waals surface area contributed by atoms with Crippen LogP contribution >= 0.6 is 11.3 Å². The van der Waals surface area contributed by atoms with E-state index in [4.69, 9.17) is 9.84 Å². The minimum absolute atomic E-state index is 0.273. The molecule has 0 saturated heterocycles. The molecule has 2 rings (SSSR count). The smallest absolute Gasteiger partial charge is 0.349 e. The van der Waals surface area contributed by atoms with Crippen molar-refractivity contribution in [1.29, 1.82) is 0 Å². The Morgan fingerprint density at radius 2 is 2.44 bits per heavy atom. The molecule has 0 fully saturated rings. The van der Waals surface area contributed by atoms with Crippen LogP contribution in [0.5, 0.6) is 5.75 Å². The highest BCUT2D eigenvalue weighted by atomic mass is 32.1. The summed E-state index contributed by atoms with van der Waals surface area (Å²) in [6, 6.07) is 1.77. The molecule has 2 aromatic rings. The van der Waals surface area contributed by atoms with Crippen LogP contribution in [0.25, 0.3) is 0 Å². The third-order valence-electron chi connectivity index (χ3n) is 2.39. The maximum Gasteiger partial charge on any atom is 0.349 e. The van der Waals surface area contributed by atoms with Gasteiger partial charge in [0, 0.05) is 23.8 Å². The second-order valence-corrected chi connectivity index (χ2v) is 5.11. The molecule has 0 aliphatic rings. The number of imidazole rings is 1. The van der Waals surface area contributed by atoms with Crippen LogP contribution in [0.15, 0.2) is 24.8 Å². The Kier molecular flexibility index (Phi) is 3.99. The van der Waals surface area contributed by atoms with Crippen LogP contribution in [0, 0.1) is 6.92 Å². The predicted octanol–water partition coefficient (Wildman–Crippen LogP) is 2.42. The fourth-order valence-corrected chi connectivity index (χ4v) is 2.39. The predicted molar refractivity (Wildman–Crippen MR) is 68.4 cm³/mol. The molecular weight excluding hydrogens is 252 g/mol. The number of aromatic nitrogens is 2. The van der Waals surface area contributed by atoms with Crippen molar-refractivity contribution in [2.24, 2.45) is 0 Å². The van der Waals surface area contributed by atoms with Gasteiger partial charge in [-0.1, -0.05) is 0 Å². The summed E-state index contributed by atoms with van der Waals surface area (Å²) in [6.45, 7) is 3.18. The molecule has 5 nitrogen and oxygen atoms in total. The SMILES string of the molecule is Cc1cc(OCCCn2ccnc2)c(C(=O)O)s1. The maximum absolute atomic E-state index is 11.0. The Morgan fingerprint density at radius 3 is 3.11 bits per heavy atom. The van der Waals surface area contributed by atoms with Crippen LogP contribution in [0.4, 0.5) is 0 Å². The first-order valence-corrected chi connectivity index (χ1v) is 6.40. The lowest BCUT2D eigenvalue weighted by Gasteiger charge is -2.05. The molecule has 0 spiro atoms. The Morgan fingerprint density at radius 1 is 1.61 bits per heavy atom. The van der Waals surface area contributed by atoms with Gasteiger partial charge in [0.2, 0.25) is 0 Å². The zero-order valence-electron chi connectivity index (χ0n) is 10.00. The lowest BCUT2D eigenvalue weighted by Crippen LogP contribution is -2.04. The van der Waals surface area contributed by atoms with E-state index in [1.54, 1.807) is 18.6 Å². The number of nitrogens with zero attached hydrogens (tertiary/aromatic N) is 2. The molecule has 2 heterocycles. The van der Waals surface area contributed by atoms with E-state index in [2.05, 4.69) is 4.98 Å². The lowest BCUT2D eigenvalue weighted by molar-refractivity contribution is 0.0698. The van der Waals surface area contributed by atoms with Crippen LogP contribution in [0.1, 0.15) is 21.0 Å². The van der Waals surface area contributed by atoms with Crippen molar-refractivity contribution < 1.29 is 14.6 Å². The summed E-state index contributed by atoms with van der Waals surface area (Å²) in [5.41, 5.74) is 0. The van der Waals surface area contributed by atoms with Crippen molar-refractivity contribution in [3.8, 4) is 5.75 Å². The molecule has 2 aromatic heterocycles. The van der Waals surface area contributed by atoms with Gasteiger partial charge in [-0.3, -0.25) is 0 Å². The van der Waals surface area contributed by atoms with E-state index in [9.17, 15) is 4.79 Å². The largest absolute Gasteiger partial charge is 0.492 e. The van der Waals surface area contributed by atoms with Crippen molar-refractivity contribution in [3.63, 3.8) is 0 Å². The summed E-state index contributed by atoms with van der Waals surface area (Å²) in [6.07, 6.45) is 6.17. The topological polar surface area (TPSA) is 64.4 Å². The molecule has 0 atom stereocenters. The van der Waals surface area contributed by atoms with Gasteiger partial charge in [-0.05, 0) is 19.4 Å². The first kappa shape index (κ1) is 12.6. The van der Waals surface area contributed by atoms with E-state index in [0.717, 1.165) is 17.8 Å². The zero-order chi connectivity index (χ0) is 13.0. The number of aryl methyl sites for hydroxylation is 2. The van der Waals surface area contributed by atoms with E-state index in [1.165, 1.54) is 11.3 Å². The highest BCUT2D eigenvalue weighted by Gasteiger charge is 2.14. The number of rotatable bonds is 6. The Bertz CT molecular complexity index is 519. The Labute approximate surface area is 109 Å². The van der Waals surface area contributed by atoms with Crippen LogP contribution in [0.3, 0.4) is 0 Å². The average molecular weight is 266 g/mol. The first-order chi connectivity index (χ1) is 8.66. The van der Waals surface area contributed by atoms with Crippen LogP contribution in [0.2, 0.25) is 0 Å². The Balaban J connectivity index is 1.84. The quantitative estimate of drug-likeness (QED) is 0.815. The van der Waals surface area contributed by atoms with Gasteiger partial charge >= 0.3 is 5.97 Å². The molecule has 0 saturated carbocycles. The minimum atomic E-state index is -0.933. The summed E-state index contributed by atoms with van der Waals surface area (Å²) < 4.78 is 7.47. The molecule has 1 N–H and O–H groups in total. The molecule has 18 heavy (non-hydrogen) atoms. The van der Waals surface area contributed by atoms with Crippen molar-refractivity contribution in [1.82, 2.24) is 9.55 Å². The molecule has 0 unspecified atom stereocenters. The number of hydrogen-bond acceptors (Lipinski definition) is 4. The zero-order valence-corrected chi connectivity index (χ0v) is 10.8. The number of carboxylic acids is 1. The number of carbonyl (C=O) groups is 1. The molecular formula is C12H14N2O3S. The average Bonchev–Trinajstić information content (AvgIpc) is 2.93. The van der Waals surface area contributed by atoms with Gasteiger partial charge in [-0.15, -0.1) is 11.3 Å². The van der Waals surface area contributed by atoms with Gasteiger partial charge in [0.05, 0.1) is 12.9 Å². The standard InChI is InChI=1S/C12H14N2O3S/c1-9-7-10(11(18-9)12(15)16)17-6-2-4-14-5-3-13-8-14/h3,5,7-8H,2,4,6H2,1H3,(H,15,16). The van der Waals surface area contributed by atoms with Crippen molar-refractivity contribution >= 4 is 17.3 Å². The van der Waals surface area contributed by atoms with Crippen LogP contribution in [-0.2, 0) is 6.54 Å². The van der Waals surface area contributed by atoms with E-state index in [0.29, 0.717) is 12.4 Å². The Hall–Kier alpha value is -1.82. The fourth-order valence-electron chi connectivity index (χ4n) is 1.60. The van der Waals surface area contributed by atoms with Crippen LogP contribution < -0.4 is 4.74 Å². The highest BCUT2D eigenvalue weighted by molar-refractivity contribution is 7.14. The molecule has 0 bridgehead atoms. The van der Waals surface area contributed by atoms with Gasteiger partial charge < -0.3 is 14.4 Å². The van der Waals surface area contributed by atoms with Gasteiger partial charge in [0.15, 0.2) is 4.88 Å².